The van der Waals surface area contributed by atoms with Gasteiger partial charge in [-0.05, 0) is 56.6 Å². The van der Waals surface area contributed by atoms with Gasteiger partial charge in [0.1, 0.15) is 0 Å². The average molecular weight is 437 g/mol. The van der Waals surface area contributed by atoms with E-state index in [0.717, 1.165) is 42.2 Å². The Bertz CT molecular complexity index is 995. The Morgan fingerprint density at radius 2 is 1.66 bits per heavy atom. The van der Waals surface area contributed by atoms with Gasteiger partial charge in [-0.2, -0.15) is 0 Å². The van der Waals surface area contributed by atoms with Crippen molar-refractivity contribution in [3.05, 3.63) is 77.1 Å². The zero-order chi connectivity index (χ0) is 23.5. The van der Waals surface area contributed by atoms with Gasteiger partial charge in [-0.1, -0.05) is 42.0 Å². The van der Waals surface area contributed by atoms with Crippen molar-refractivity contribution in [2.24, 2.45) is 5.73 Å². The molecule has 0 spiro atoms. The minimum absolute atomic E-state index is 0.472. The van der Waals surface area contributed by atoms with Crippen LogP contribution >= 0.6 is 0 Å². The van der Waals surface area contributed by atoms with Crippen LogP contribution in [0, 0.1) is 6.92 Å². The van der Waals surface area contributed by atoms with Crippen LogP contribution < -0.4 is 5.73 Å². The van der Waals surface area contributed by atoms with Crippen LogP contribution in [0.3, 0.4) is 0 Å². The Morgan fingerprint density at radius 1 is 1.03 bits per heavy atom. The molecule has 4 N–H and O–H groups in total. The molecule has 2 heterocycles. The van der Waals surface area contributed by atoms with E-state index in [1.807, 2.05) is 18.2 Å². The van der Waals surface area contributed by atoms with Gasteiger partial charge < -0.3 is 15.9 Å². The summed E-state index contributed by atoms with van der Waals surface area (Å²) in [4.78, 5) is 36.4. The standard InChI is InChI=1S/C22H25N3O.C2H2O4/c1-17-7-9-18(10-8-17)20(13-16-25-14-2-3-15-25)21-6-4-5-19(24-21)11-12-22(23)26;3-1(4)2(5)6/h4-13H,2-3,14-16H2,1H3,(H2,23,26);(H,3,4)(H,5,6). The first-order chi connectivity index (χ1) is 15.3. The Balaban J connectivity index is 0.000000534. The minimum Gasteiger partial charge on any atom is -0.473 e. The first-order valence-corrected chi connectivity index (χ1v) is 10.2. The number of likely N-dealkylation sites (tertiary alicyclic amines) is 1. The van der Waals surface area contributed by atoms with Crippen LogP contribution in [0.25, 0.3) is 11.6 Å². The van der Waals surface area contributed by atoms with Gasteiger partial charge in [-0.15, -0.1) is 0 Å². The van der Waals surface area contributed by atoms with Gasteiger partial charge in [0.15, 0.2) is 0 Å². The Labute approximate surface area is 186 Å². The summed E-state index contributed by atoms with van der Waals surface area (Å²) in [6.45, 7) is 5.33. The summed E-state index contributed by atoms with van der Waals surface area (Å²) in [7, 11) is 0. The van der Waals surface area contributed by atoms with Gasteiger partial charge in [0.05, 0.1) is 11.4 Å². The van der Waals surface area contributed by atoms with Crippen LogP contribution in [0.15, 0.2) is 54.6 Å². The smallest absolute Gasteiger partial charge is 0.414 e. The zero-order valence-electron chi connectivity index (χ0n) is 17.9. The topological polar surface area (TPSA) is 134 Å². The molecule has 1 aliphatic rings. The number of aliphatic carboxylic acids is 2. The van der Waals surface area contributed by atoms with Crippen molar-refractivity contribution < 1.29 is 24.6 Å². The monoisotopic (exact) mass is 437 g/mol. The van der Waals surface area contributed by atoms with Crippen LogP contribution in [0.2, 0.25) is 0 Å². The van der Waals surface area contributed by atoms with E-state index in [4.69, 9.17) is 30.5 Å². The first-order valence-electron chi connectivity index (χ1n) is 10.2. The van der Waals surface area contributed by atoms with E-state index in [0.29, 0.717) is 0 Å². The molecule has 0 unspecified atom stereocenters. The Morgan fingerprint density at radius 3 is 2.22 bits per heavy atom. The molecule has 8 nitrogen and oxygen atoms in total. The fourth-order valence-corrected chi connectivity index (χ4v) is 3.15. The molecule has 168 valence electrons. The number of aryl methyl sites for hydroxylation is 1. The summed E-state index contributed by atoms with van der Waals surface area (Å²) in [6, 6.07) is 14.4. The van der Waals surface area contributed by atoms with Crippen molar-refractivity contribution in [2.45, 2.75) is 19.8 Å². The number of carboxylic acid groups (broad SMARTS) is 2. The maximum absolute atomic E-state index is 11.0. The third-order valence-electron chi connectivity index (χ3n) is 4.76. The van der Waals surface area contributed by atoms with Gasteiger partial charge in [-0.3, -0.25) is 9.69 Å². The maximum Gasteiger partial charge on any atom is 0.414 e. The SMILES string of the molecule is Cc1ccc(C(=CCN2CCCC2)c2cccc(C=CC(N)=O)n2)cc1.O=C(O)C(=O)O. The predicted molar refractivity (Wildman–Crippen MR) is 122 cm³/mol. The quantitative estimate of drug-likeness (QED) is 0.467. The van der Waals surface area contributed by atoms with Crippen molar-refractivity contribution in [1.82, 2.24) is 9.88 Å². The van der Waals surface area contributed by atoms with Crippen molar-refractivity contribution in [3.63, 3.8) is 0 Å². The van der Waals surface area contributed by atoms with E-state index in [1.54, 1.807) is 6.08 Å². The number of nitrogens with zero attached hydrogens (tertiary/aromatic N) is 2. The summed E-state index contributed by atoms with van der Waals surface area (Å²) in [6.07, 6.45) is 7.81. The normalized spacial score (nSPS) is 14.1. The Hall–Kier alpha value is -3.78. The minimum atomic E-state index is -1.82. The highest BCUT2D eigenvalue weighted by Crippen LogP contribution is 2.23. The maximum atomic E-state index is 11.0. The van der Waals surface area contributed by atoms with Crippen molar-refractivity contribution in [1.29, 1.82) is 0 Å². The third kappa shape index (κ3) is 8.16. The van der Waals surface area contributed by atoms with Crippen LogP contribution in [0.1, 0.15) is 35.4 Å². The molecule has 0 radical (unpaired) electrons. The summed E-state index contributed by atoms with van der Waals surface area (Å²) < 4.78 is 0. The second-order valence-corrected chi connectivity index (χ2v) is 7.29. The molecule has 0 atom stereocenters. The van der Waals surface area contributed by atoms with Crippen molar-refractivity contribution >= 4 is 29.5 Å². The molecule has 1 aromatic heterocycles. The molecule has 0 aliphatic carbocycles. The van der Waals surface area contributed by atoms with E-state index in [-0.39, 0.29) is 0 Å². The first kappa shape index (κ1) is 24.5. The summed E-state index contributed by atoms with van der Waals surface area (Å²) in [5.74, 6) is -4.12. The number of aromatic nitrogens is 1. The molecule has 1 saturated heterocycles. The number of carbonyl (C=O) groups excluding carboxylic acids is 1. The lowest BCUT2D eigenvalue weighted by Crippen LogP contribution is -2.19. The van der Waals surface area contributed by atoms with Gasteiger partial charge >= 0.3 is 11.9 Å². The van der Waals surface area contributed by atoms with Crippen molar-refractivity contribution in [3.8, 4) is 0 Å². The second kappa shape index (κ2) is 12.2. The molecule has 32 heavy (non-hydrogen) atoms. The lowest BCUT2D eigenvalue weighted by Gasteiger charge is -2.14. The number of hydrogen-bond donors (Lipinski definition) is 3. The number of benzene rings is 1. The molecule has 1 aromatic carbocycles. The lowest BCUT2D eigenvalue weighted by atomic mass is 10.00. The molecule has 3 rings (SSSR count). The van der Waals surface area contributed by atoms with Crippen molar-refractivity contribution in [2.75, 3.05) is 19.6 Å². The molecule has 2 aromatic rings. The summed E-state index contributed by atoms with van der Waals surface area (Å²) in [5, 5.41) is 14.8. The Kier molecular flexibility index (Phi) is 9.31. The average Bonchev–Trinajstić information content (AvgIpc) is 3.28. The molecule has 0 saturated carbocycles. The van der Waals surface area contributed by atoms with E-state index < -0.39 is 17.8 Å². The largest absolute Gasteiger partial charge is 0.473 e. The predicted octanol–water partition coefficient (Wildman–Crippen LogP) is 2.57. The van der Waals surface area contributed by atoms with E-state index in [9.17, 15) is 4.79 Å². The number of rotatable bonds is 6. The molecular formula is C24H27N3O5. The number of hydrogen-bond acceptors (Lipinski definition) is 5. The number of carbonyl (C=O) groups is 3. The van der Waals surface area contributed by atoms with Gasteiger partial charge in [0.2, 0.25) is 5.91 Å². The van der Waals surface area contributed by atoms with E-state index in [2.05, 4.69) is 42.2 Å². The number of nitrogens with two attached hydrogens (primary N) is 1. The highest BCUT2D eigenvalue weighted by Gasteiger charge is 2.12. The zero-order valence-corrected chi connectivity index (χ0v) is 17.9. The summed E-state index contributed by atoms with van der Waals surface area (Å²) >= 11 is 0. The highest BCUT2D eigenvalue weighted by molar-refractivity contribution is 6.27. The van der Waals surface area contributed by atoms with Crippen LogP contribution in [-0.4, -0.2) is 57.6 Å². The molecule has 0 bridgehead atoms. The van der Waals surface area contributed by atoms with Gasteiger partial charge in [-0.25, -0.2) is 14.6 Å². The molecule has 1 aliphatic heterocycles. The third-order valence-corrected chi connectivity index (χ3v) is 4.76. The van der Waals surface area contributed by atoms with Gasteiger partial charge in [0, 0.05) is 18.2 Å². The number of carboxylic acids is 2. The molecule has 1 amide bonds. The van der Waals surface area contributed by atoms with Gasteiger partial charge in [0.25, 0.3) is 0 Å². The number of amides is 1. The molecule has 1 fully saturated rings. The van der Waals surface area contributed by atoms with E-state index in [1.165, 1.54) is 24.5 Å². The van der Waals surface area contributed by atoms with Crippen LogP contribution in [0.5, 0.6) is 0 Å². The van der Waals surface area contributed by atoms with Crippen LogP contribution in [0.4, 0.5) is 0 Å². The lowest BCUT2D eigenvalue weighted by molar-refractivity contribution is -0.159. The summed E-state index contributed by atoms with van der Waals surface area (Å²) in [5.41, 5.74) is 10.3. The van der Waals surface area contributed by atoms with E-state index >= 15 is 0 Å². The number of pyridine rings is 1. The van der Waals surface area contributed by atoms with Crippen LogP contribution in [-0.2, 0) is 14.4 Å². The highest BCUT2D eigenvalue weighted by atomic mass is 16.4. The molecular weight excluding hydrogens is 410 g/mol. The second-order valence-electron chi connectivity index (χ2n) is 7.29. The molecule has 8 heteroatoms. The number of primary amides is 1. The fourth-order valence-electron chi connectivity index (χ4n) is 3.15. The fraction of sp³-hybridized carbons (Fsp3) is 0.250.